The lowest BCUT2D eigenvalue weighted by atomic mass is 9.99. The van der Waals surface area contributed by atoms with Crippen molar-refractivity contribution in [2.75, 3.05) is 25.5 Å². The third-order valence-electron chi connectivity index (χ3n) is 4.07. The number of carbonyl (C=O) groups excluding carboxylic acids is 1. The number of hydrogen-bond acceptors (Lipinski definition) is 5. The Kier molecular flexibility index (Phi) is 5.27. The minimum Gasteiger partial charge on any atom is -0.496 e. The Balaban J connectivity index is 1.85. The maximum Gasteiger partial charge on any atom is 0.229 e. The summed E-state index contributed by atoms with van der Waals surface area (Å²) in [7, 11) is 1.59. The first kappa shape index (κ1) is 16.7. The summed E-state index contributed by atoms with van der Waals surface area (Å²) in [6.45, 7) is 1.66. The van der Waals surface area contributed by atoms with Crippen LogP contribution < -0.4 is 15.4 Å². The third-order valence-corrected chi connectivity index (χ3v) is 4.37. The number of methoxy groups -OCH3 is 1. The zero-order valence-electron chi connectivity index (χ0n) is 13.4. The van der Waals surface area contributed by atoms with Gasteiger partial charge in [-0.2, -0.15) is 0 Å². The number of halogens is 1. The Bertz CT molecular complexity index is 732. The number of hydrogen-bond donors (Lipinski definition) is 2. The third kappa shape index (κ3) is 3.66. The molecule has 0 aliphatic carbocycles. The SMILES string of the molecule is COc1ccncc1-c1cc(NC(=O)C2CCCNC2)ncc1Cl. The molecule has 7 heteroatoms. The van der Waals surface area contributed by atoms with Crippen LogP contribution in [-0.4, -0.2) is 36.1 Å². The standard InChI is InChI=1S/C17H19ClN4O2/c1-24-15-4-6-20-9-13(15)12-7-16(21-10-14(12)18)22-17(23)11-3-2-5-19-8-11/h4,6-7,9-11,19H,2-3,5,8H2,1H3,(H,21,22,23). The van der Waals surface area contributed by atoms with E-state index in [1.54, 1.807) is 31.6 Å². The lowest BCUT2D eigenvalue weighted by Gasteiger charge is -2.21. The van der Waals surface area contributed by atoms with Crippen LogP contribution in [0.2, 0.25) is 5.02 Å². The summed E-state index contributed by atoms with van der Waals surface area (Å²) in [5.41, 5.74) is 1.47. The van der Waals surface area contributed by atoms with Gasteiger partial charge in [-0.05, 0) is 31.5 Å². The highest BCUT2D eigenvalue weighted by molar-refractivity contribution is 6.33. The molecule has 3 heterocycles. The van der Waals surface area contributed by atoms with E-state index in [-0.39, 0.29) is 11.8 Å². The van der Waals surface area contributed by atoms with Crippen molar-refractivity contribution in [1.29, 1.82) is 0 Å². The number of piperidine rings is 1. The predicted octanol–water partition coefficient (Wildman–Crippen LogP) is 2.74. The fraction of sp³-hybridized carbons (Fsp3) is 0.353. The number of ether oxygens (including phenoxy) is 1. The molecule has 1 atom stereocenters. The summed E-state index contributed by atoms with van der Waals surface area (Å²) in [5.74, 6) is 1.07. The summed E-state index contributed by atoms with van der Waals surface area (Å²) in [4.78, 5) is 20.7. The molecule has 2 aromatic rings. The zero-order chi connectivity index (χ0) is 16.9. The van der Waals surface area contributed by atoms with Gasteiger partial charge in [0, 0.05) is 36.3 Å². The van der Waals surface area contributed by atoms with Gasteiger partial charge in [0.15, 0.2) is 0 Å². The highest BCUT2D eigenvalue weighted by Gasteiger charge is 2.21. The number of nitrogens with one attached hydrogen (secondary N) is 2. The first-order valence-corrected chi connectivity index (χ1v) is 8.22. The fourth-order valence-corrected chi connectivity index (χ4v) is 2.98. The van der Waals surface area contributed by atoms with Crippen LogP contribution in [0.5, 0.6) is 5.75 Å². The van der Waals surface area contributed by atoms with Crippen LogP contribution in [0.3, 0.4) is 0 Å². The smallest absolute Gasteiger partial charge is 0.229 e. The Morgan fingerprint density at radius 1 is 1.42 bits per heavy atom. The van der Waals surface area contributed by atoms with Crippen LogP contribution >= 0.6 is 11.6 Å². The zero-order valence-corrected chi connectivity index (χ0v) is 14.1. The minimum atomic E-state index is -0.0346. The summed E-state index contributed by atoms with van der Waals surface area (Å²) >= 11 is 6.28. The molecule has 0 radical (unpaired) electrons. The number of carbonyl (C=O) groups is 1. The summed E-state index contributed by atoms with van der Waals surface area (Å²) in [6.07, 6.45) is 6.74. The van der Waals surface area contributed by atoms with Gasteiger partial charge in [-0.3, -0.25) is 9.78 Å². The first-order chi connectivity index (χ1) is 11.7. The molecule has 24 heavy (non-hydrogen) atoms. The van der Waals surface area contributed by atoms with Crippen molar-refractivity contribution in [3.63, 3.8) is 0 Å². The van der Waals surface area contributed by atoms with E-state index in [0.29, 0.717) is 28.7 Å². The van der Waals surface area contributed by atoms with E-state index in [9.17, 15) is 4.79 Å². The van der Waals surface area contributed by atoms with Crippen LogP contribution in [0.15, 0.2) is 30.7 Å². The van der Waals surface area contributed by atoms with Crippen molar-refractivity contribution >= 4 is 23.3 Å². The van der Waals surface area contributed by atoms with Crippen LogP contribution in [0, 0.1) is 5.92 Å². The molecule has 126 valence electrons. The second kappa shape index (κ2) is 7.59. The number of pyridine rings is 2. The van der Waals surface area contributed by atoms with Crippen molar-refractivity contribution < 1.29 is 9.53 Å². The van der Waals surface area contributed by atoms with E-state index in [0.717, 1.165) is 24.9 Å². The van der Waals surface area contributed by atoms with Crippen molar-refractivity contribution in [1.82, 2.24) is 15.3 Å². The molecule has 0 aromatic carbocycles. The van der Waals surface area contributed by atoms with E-state index in [2.05, 4.69) is 20.6 Å². The van der Waals surface area contributed by atoms with E-state index in [1.165, 1.54) is 6.20 Å². The molecule has 0 spiro atoms. The Hall–Kier alpha value is -2.18. The summed E-state index contributed by atoms with van der Waals surface area (Å²) < 4.78 is 5.36. The number of anilines is 1. The van der Waals surface area contributed by atoms with Gasteiger partial charge in [-0.15, -0.1) is 0 Å². The van der Waals surface area contributed by atoms with E-state index in [1.807, 2.05) is 0 Å². The van der Waals surface area contributed by atoms with Crippen LogP contribution in [-0.2, 0) is 4.79 Å². The quantitative estimate of drug-likeness (QED) is 0.890. The largest absolute Gasteiger partial charge is 0.496 e. The van der Waals surface area contributed by atoms with E-state index >= 15 is 0 Å². The number of rotatable bonds is 4. The normalized spacial score (nSPS) is 17.3. The number of aromatic nitrogens is 2. The molecule has 0 bridgehead atoms. The monoisotopic (exact) mass is 346 g/mol. The van der Waals surface area contributed by atoms with Gasteiger partial charge in [0.25, 0.3) is 0 Å². The Labute approximate surface area is 145 Å². The van der Waals surface area contributed by atoms with Gasteiger partial charge in [0.2, 0.25) is 5.91 Å². The summed E-state index contributed by atoms with van der Waals surface area (Å²) in [6, 6.07) is 3.51. The first-order valence-electron chi connectivity index (χ1n) is 7.84. The second-order valence-electron chi connectivity index (χ2n) is 5.66. The lowest BCUT2D eigenvalue weighted by molar-refractivity contribution is -0.120. The molecule has 1 aliphatic heterocycles. The average Bonchev–Trinajstić information content (AvgIpc) is 2.64. The molecule has 2 N–H and O–H groups in total. The van der Waals surface area contributed by atoms with Gasteiger partial charge in [-0.1, -0.05) is 11.6 Å². The van der Waals surface area contributed by atoms with Gasteiger partial charge < -0.3 is 15.4 Å². The van der Waals surface area contributed by atoms with Crippen LogP contribution in [0.4, 0.5) is 5.82 Å². The maximum atomic E-state index is 12.4. The van der Waals surface area contributed by atoms with Crippen molar-refractivity contribution in [2.45, 2.75) is 12.8 Å². The molecule has 2 aromatic heterocycles. The summed E-state index contributed by atoms with van der Waals surface area (Å²) in [5, 5.41) is 6.58. The molecule has 1 aliphatic rings. The van der Waals surface area contributed by atoms with E-state index < -0.39 is 0 Å². The molecule has 1 unspecified atom stereocenters. The molecule has 1 fully saturated rings. The van der Waals surface area contributed by atoms with Gasteiger partial charge in [0.1, 0.15) is 11.6 Å². The lowest BCUT2D eigenvalue weighted by Crippen LogP contribution is -2.37. The maximum absolute atomic E-state index is 12.4. The number of nitrogens with zero attached hydrogens (tertiary/aromatic N) is 2. The van der Waals surface area contributed by atoms with Crippen molar-refractivity contribution in [2.24, 2.45) is 5.92 Å². The van der Waals surface area contributed by atoms with Crippen molar-refractivity contribution in [3.8, 4) is 16.9 Å². The molecule has 1 amide bonds. The van der Waals surface area contributed by atoms with Gasteiger partial charge in [0.05, 0.1) is 18.1 Å². The fourth-order valence-electron chi connectivity index (χ4n) is 2.78. The molecule has 6 nitrogen and oxygen atoms in total. The molecule has 1 saturated heterocycles. The molecule has 0 saturated carbocycles. The van der Waals surface area contributed by atoms with Crippen LogP contribution in [0.1, 0.15) is 12.8 Å². The van der Waals surface area contributed by atoms with Crippen LogP contribution in [0.25, 0.3) is 11.1 Å². The average molecular weight is 347 g/mol. The van der Waals surface area contributed by atoms with E-state index in [4.69, 9.17) is 16.3 Å². The van der Waals surface area contributed by atoms with Gasteiger partial charge in [-0.25, -0.2) is 4.98 Å². The second-order valence-corrected chi connectivity index (χ2v) is 6.07. The molecule has 3 rings (SSSR count). The minimum absolute atomic E-state index is 0.0267. The topological polar surface area (TPSA) is 76.1 Å². The number of amides is 1. The highest BCUT2D eigenvalue weighted by Crippen LogP contribution is 2.34. The van der Waals surface area contributed by atoms with Crippen molar-refractivity contribution in [3.05, 3.63) is 35.7 Å². The molecular formula is C17H19ClN4O2. The Morgan fingerprint density at radius 3 is 3.04 bits per heavy atom. The van der Waals surface area contributed by atoms with Gasteiger partial charge >= 0.3 is 0 Å². The predicted molar refractivity (Wildman–Crippen MR) is 93.3 cm³/mol. The highest BCUT2D eigenvalue weighted by atomic mass is 35.5. The Morgan fingerprint density at radius 2 is 2.29 bits per heavy atom. The molecular weight excluding hydrogens is 328 g/mol.